The number of hydrogen-bond donors (Lipinski definition) is 2. The van der Waals surface area contributed by atoms with Crippen LogP contribution >= 0.6 is 0 Å². The maximum Gasteiger partial charge on any atom is 0.137 e. The average molecular weight is 371 g/mol. The highest BCUT2D eigenvalue weighted by Crippen LogP contribution is 2.66. The highest BCUT2D eigenvalue weighted by Gasteiger charge is 2.76. The van der Waals surface area contributed by atoms with Gasteiger partial charge in [-0.05, 0) is 31.2 Å². The number of ether oxygens (including phenoxy) is 1. The lowest BCUT2D eigenvalue weighted by Crippen LogP contribution is -2.81. The molecule has 1 aromatic carbocycles. The van der Waals surface area contributed by atoms with E-state index >= 15 is 0 Å². The molecule has 1 saturated heterocycles. The molecule has 5 nitrogen and oxygen atoms in total. The molecule has 3 aliphatic carbocycles. The highest BCUT2D eigenvalue weighted by molar-refractivity contribution is 5.61. The first-order valence-corrected chi connectivity index (χ1v) is 10.6. The van der Waals surface area contributed by atoms with Crippen LogP contribution < -0.4 is 9.84 Å². The maximum absolute atomic E-state index is 12.5. The van der Waals surface area contributed by atoms with Crippen LogP contribution in [0.25, 0.3) is 0 Å². The lowest BCUT2D eigenvalue weighted by molar-refractivity contribution is -0.952. The topological polar surface area (TPSA) is 72.8 Å². The van der Waals surface area contributed by atoms with E-state index < -0.39 is 23.2 Å². The van der Waals surface area contributed by atoms with Crippen molar-refractivity contribution in [2.45, 2.75) is 74.2 Å². The first-order valence-electron chi connectivity index (χ1n) is 10.6. The zero-order valence-corrected chi connectivity index (χ0v) is 16.0. The highest BCUT2D eigenvalue weighted by atomic mass is 16.5. The summed E-state index contributed by atoms with van der Waals surface area (Å²) in [5, 5.41) is 35.6. The van der Waals surface area contributed by atoms with E-state index in [9.17, 15) is 15.3 Å². The molecule has 5 heteroatoms. The van der Waals surface area contributed by atoms with Crippen molar-refractivity contribution >= 4 is 0 Å². The van der Waals surface area contributed by atoms with Crippen LogP contribution in [0.3, 0.4) is 0 Å². The molecule has 1 spiro atoms. The summed E-state index contributed by atoms with van der Waals surface area (Å²) in [6.45, 7) is 2.12. The fraction of sp³-hybridized carbons (Fsp3) is 0.727. The lowest BCUT2D eigenvalue weighted by atomic mass is 9.48. The van der Waals surface area contributed by atoms with E-state index in [0.717, 1.165) is 47.5 Å². The molecule has 0 aromatic heterocycles. The number of aliphatic hydroxyl groups excluding tert-OH is 1. The Hall–Kier alpha value is -1.30. The fourth-order valence-electron chi connectivity index (χ4n) is 7.49. The number of hydrogen-bond acceptors (Lipinski definition) is 4. The van der Waals surface area contributed by atoms with Gasteiger partial charge in [0.25, 0.3) is 0 Å². The van der Waals surface area contributed by atoms with Crippen LogP contribution in [0.2, 0.25) is 0 Å². The normalized spacial score (nSPS) is 47.1. The summed E-state index contributed by atoms with van der Waals surface area (Å²) in [6.07, 6.45) is 5.59. The second-order valence-corrected chi connectivity index (χ2v) is 10.1. The van der Waals surface area contributed by atoms with Crippen LogP contribution in [0.1, 0.15) is 49.7 Å². The molecule has 6 atom stereocenters. The first-order chi connectivity index (χ1) is 12.9. The molecule has 1 unspecified atom stereocenters. The maximum atomic E-state index is 12.5. The van der Waals surface area contributed by atoms with E-state index in [4.69, 9.17) is 4.74 Å². The van der Waals surface area contributed by atoms with Gasteiger partial charge in [-0.2, -0.15) is 0 Å². The molecule has 2 saturated carbocycles. The fourth-order valence-corrected chi connectivity index (χ4v) is 7.49. The monoisotopic (exact) mass is 371 g/mol. The van der Waals surface area contributed by atoms with Gasteiger partial charge in [0.15, 0.2) is 0 Å². The summed E-state index contributed by atoms with van der Waals surface area (Å²) >= 11 is 0. The van der Waals surface area contributed by atoms with Crippen molar-refractivity contribution in [1.82, 2.24) is 0 Å². The summed E-state index contributed by atoms with van der Waals surface area (Å²) in [6, 6.07) is 3.69. The number of likely N-dealkylation sites (tertiary alicyclic amines) is 1. The van der Waals surface area contributed by atoms with Crippen LogP contribution in [0.15, 0.2) is 12.1 Å². The number of nitrogens with zero attached hydrogens (tertiary/aromatic N) is 1. The Morgan fingerprint density at radius 3 is 2.81 bits per heavy atom. The number of piperidine rings is 1. The summed E-state index contributed by atoms with van der Waals surface area (Å²) < 4.78 is 7.06. The van der Waals surface area contributed by atoms with Gasteiger partial charge in [-0.15, -0.1) is 0 Å². The molecule has 6 rings (SSSR count). The van der Waals surface area contributed by atoms with Crippen LogP contribution in [-0.2, 0) is 11.8 Å². The molecule has 2 bridgehead atoms. The van der Waals surface area contributed by atoms with E-state index in [1.54, 1.807) is 6.07 Å². The number of likely N-dealkylation sites (N-methyl/N-ethyl adjacent to an activating group) is 1. The molecule has 5 aliphatic rings. The van der Waals surface area contributed by atoms with Crippen molar-refractivity contribution in [2.75, 3.05) is 20.1 Å². The third-order valence-corrected chi connectivity index (χ3v) is 8.96. The van der Waals surface area contributed by atoms with Crippen molar-refractivity contribution in [3.05, 3.63) is 23.3 Å². The molecule has 2 N–H and O–H groups in total. The summed E-state index contributed by atoms with van der Waals surface area (Å²) in [4.78, 5) is 0. The smallest absolute Gasteiger partial charge is 0.137 e. The molecule has 3 fully saturated rings. The van der Waals surface area contributed by atoms with E-state index in [-0.39, 0.29) is 11.8 Å². The van der Waals surface area contributed by atoms with Crippen molar-refractivity contribution in [1.29, 1.82) is 0 Å². The third-order valence-electron chi connectivity index (χ3n) is 8.96. The minimum absolute atomic E-state index is 0.109. The van der Waals surface area contributed by atoms with Gasteiger partial charge in [0.2, 0.25) is 0 Å². The quantitative estimate of drug-likeness (QED) is 0.767. The molecule has 0 amide bonds. The summed E-state index contributed by atoms with van der Waals surface area (Å²) in [7, 11) is 2.33. The van der Waals surface area contributed by atoms with Gasteiger partial charge < -0.3 is 24.5 Å². The van der Waals surface area contributed by atoms with E-state index in [2.05, 4.69) is 7.05 Å². The lowest BCUT2D eigenvalue weighted by Gasteiger charge is -2.65. The Labute approximate surface area is 160 Å². The predicted molar refractivity (Wildman–Crippen MR) is 97.5 cm³/mol. The predicted octanol–water partition coefficient (Wildman–Crippen LogP) is 1.22. The van der Waals surface area contributed by atoms with Crippen molar-refractivity contribution in [3.63, 3.8) is 0 Å². The zero-order chi connectivity index (χ0) is 18.6. The van der Waals surface area contributed by atoms with Crippen LogP contribution in [0.4, 0.5) is 0 Å². The minimum Gasteiger partial charge on any atom is -0.870 e. The van der Waals surface area contributed by atoms with E-state index in [1.807, 2.05) is 6.07 Å². The van der Waals surface area contributed by atoms with Gasteiger partial charge in [0, 0.05) is 24.3 Å². The van der Waals surface area contributed by atoms with Crippen LogP contribution in [0, 0.1) is 5.92 Å². The summed E-state index contributed by atoms with van der Waals surface area (Å²) in [5.74, 6) is 1.08. The molecule has 1 aromatic rings. The number of benzene rings is 1. The SMILES string of the molecule is C[N@+]1(CC2CCC2)CC[C@]23c4c5ccc([O-])c4OC2[C@H](O)CC[C@]3(O)[C@H]1C5. The van der Waals surface area contributed by atoms with Gasteiger partial charge in [-0.1, -0.05) is 24.3 Å². The standard InChI is InChI=1S/C22H29NO4/c1-23(12-13-3-2-4-13)10-9-21-18-14-5-6-15(24)19(18)27-20(21)16(25)7-8-22(21,26)17(23)11-14/h5-6,13,16-17,20,25-26H,2-4,7-12H2,1H3/t16-,17-,20?,21+,22+,23-/m1/s1. The Morgan fingerprint density at radius 1 is 1.26 bits per heavy atom. The van der Waals surface area contributed by atoms with E-state index in [0.29, 0.717) is 18.6 Å². The molecule has 27 heavy (non-hydrogen) atoms. The number of rotatable bonds is 2. The Balaban J connectivity index is 1.55. The van der Waals surface area contributed by atoms with Crippen molar-refractivity contribution in [2.24, 2.45) is 5.92 Å². The third kappa shape index (κ3) is 1.77. The van der Waals surface area contributed by atoms with Crippen LogP contribution in [-0.4, -0.2) is 58.7 Å². The molecule has 2 heterocycles. The zero-order valence-electron chi connectivity index (χ0n) is 16.0. The number of quaternary nitrogens is 1. The Morgan fingerprint density at radius 2 is 2.07 bits per heavy atom. The van der Waals surface area contributed by atoms with Gasteiger partial charge in [0.1, 0.15) is 23.5 Å². The minimum atomic E-state index is -0.903. The molecule has 2 aliphatic heterocycles. The van der Waals surface area contributed by atoms with Crippen molar-refractivity contribution < 1.29 is 24.5 Å². The second-order valence-electron chi connectivity index (χ2n) is 10.1. The van der Waals surface area contributed by atoms with Crippen LogP contribution in [0.5, 0.6) is 11.5 Å². The van der Waals surface area contributed by atoms with Gasteiger partial charge in [-0.25, -0.2) is 0 Å². The van der Waals surface area contributed by atoms with Gasteiger partial charge in [0.05, 0.1) is 31.7 Å². The molecular weight excluding hydrogens is 342 g/mol. The number of aliphatic hydroxyl groups is 2. The molecular formula is C22H29NO4. The second kappa shape index (κ2) is 5.00. The Bertz CT molecular complexity index is 823. The Kier molecular flexibility index (Phi) is 3.08. The summed E-state index contributed by atoms with van der Waals surface area (Å²) in [5.41, 5.74) is 0.580. The van der Waals surface area contributed by atoms with Crippen molar-refractivity contribution in [3.8, 4) is 11.5 Å². The molecule has 146 valence electrons. The van der Waals surface area contributed by atoms with E-state index in [1.165, 1.54) is 19.3 Å². The van der Waals surface area contributed by atoms with Gasteiger partial charge >= 0.3 is 0 Å². The average Bonchev–Trinajstić information content (AvgIpc) is 2.97. The van der Waals surface area contributed by atoms with Gasteiger partial charge in [-0.3, -0.25) is 0 Å². The molecule has 0 radical (unpaired) electrons. The first kappa shape index (κ1) is 16.6. The largest absolute Gasteiger partial charge is 0.870 e.